The Balaban J connectivity index is 1.61. The fraction of sp³-hybridized carbons (Fsp3) is 0.929. The smallest absolute Gasteiger partial charge is 0.191 e. The van der Waals surface area contributed by atoms with Gasteiger partial charge in [0.25, 0.3) is 0 Å². The Bertz CT molecular complexity index is 307. The molecule has 5 nitrogen and oxygen atoms in total. The minimum absolute atomic E-state index is 0.309. The number of nitrogens with zero attached hydrogens (tertiary/aromatic N) is 1. The molecule has 2 heterocycles. The molecule has 110 valence electrons. The van der Waals surface area contributed by atoms with E-state index in [1.807, 2.05) is 7.05 Å². The average Bonchev–Trinajstić information content (AvgIpc) is 2.98. The van der Waals surface area contributed by atoms with Gasteiger partial charge < -0.3 is 20.1 Å². The summed E-state index contributed by atoms with van der Waals surface area (Å²) in [5.74, 6) is 0.880. The van der Waals surface area contributed by atoms with Crippen molar-refractivity contribution in [1.82, 2.24) is 10.6 Å². The van der Waals surface area contributed by atoms with Gasteiger partial charge in [-0.2, -0.15) is 0 Å². The zero-order chi connectivity index (χ0) is 13.7. The van der Waals surface area contributed by atoms with E-state index in [-0.39, 0.29) is 0 Å². The largest absolute Gasteiger partial charge is 0.379 e. The monoisotopic (exact) mass is 269 g/mol. The molecule has 5 heteroatoms. The SMILES string of the molecule is CN=C(NCCCOC(C)C)NC1CC2CCC1O2. The zero-order valence-corrected chi connectivity index (χ0v) is 12.3. The molecule has 3 atom stereocenters. The normalized spacial score (nSPS) is 30.1. The fourth-order valence-electron chi connectivity index (χ4n) is 2.76. The van der Waals surface area contributed by atoms with E-state index in [9.17, 15) is 0 Å². The van der Waals surface area contributed by atoms with E-state index in [1.165, 1.54) is 12.8 Å². The van der Waals surface area contributed by atoms with E-state index < -0.39 is 0 Å². The number of nitrogens with one attached hydrogen (secondary N) is 2. The van der Waals surface area contributed by atoms with E-state index in [4.69, 9.17) is 9.47 Å². The summed E-state index contributed by atoms with van der Waals surface area (Å²) >= 11 is 0. The molecule has 2 aliphatic heterocycles. The first-order valence-electron chi connectivity index (χ1n) is 7.43. The van der Waals surface area contributed by atoms with Crippen molar-refractivity contribution < 1.29 is 9.47 Å². The van der Waals surface area contributed by atoms with Gasteiger partial charge in [0.15, 0.2) is 5.96 Å². The number of rotatable bonds is 6. The molecule has 0 aromatic carbocycles. The fourth-order valence-corrected chi connectivity index (χ4v) is 2.76. The third-order valence-corrected chi connectivity index (χ3v) is 3.72. The van der Waals surface area contributed by atoms with Crippen LogP contribution in [-0.2, 0) is 9.47 Å². The first-order chi connectivity index (χ1) is 9.19. The summed E-state index contributed by atoms with van der Waals surface area (Å²) in [5.41, 5.74) is 0. The second-order valence-electron chi connectivity index (χ2n) is 5.63. The molecule has 0 aromatic heterocycles. The Labute approximate surface area is 116 Å². The lowest BCUT2D eigenvalue weighted by molar-refractivity contribution is 0.0776. The van der Waals surface area contributed by atoms with E-state index in [0.717, 1.165) is 32.0 Å². The van der Waals surface area contributed by atoms with Gasteiger partial charge in [-0.15, -0.1) is 0 Å². The molecule has 2 N–H and O–H groups in total. The third-order valence-electron chi connectivity index (χ3n) is 3.72. The van der Waals surface area contributed by atoms with E-state index in [0.29, 0.717) is 24.4 Å². The number of fused-ring (bicyclic) bond motifs is 2. The van der Waals surface area contributed by atoms with Gasteiger partial charge in [0.2, 0.25) is 0 Å². The molecule has 2 rings (SSSR count). The molecule has 0 aromatic rings. The molecule has 0 spiro atoms. The zero-order valence-electron chi connectivity index (χ0n) is 12.3. The second kappa shape index (κ2) is 7.10. The van der Waals surface area contributed by atoms with Gasteiger partial charge in [0.05, 0.1) is 24.4 Å². The highest BCUT2D eigenvalue weighted by Gasteiger charge is 2.40. The Morgan fingerprint density at radius 2 is 2.26 bits per heavy atom. The summed E-state index contributed by atoms with van der Waals surface area (Å²) in [5, 5.41) is 6.80. The Hall–Kier alpha value is -0.810. The van der Waals surface area contributed by atoms with Crippen molar-refractivity contribution in [3.05, 3.63) is 0 Å². The van der Waals surface area contributed by atoms with Gasteiger partial charge in [-0.3, -0.25) is 4.99 Å². The molecule has 2 saturated heterocycles. The standard InChI is InChI=1S/C14H27N3O2/c1-10(2)18-8-4-7-16-14(15-3)17-12-9-11-5-6-13(12)19-11/h10-13H,4-9H2,1-3H3,(H2,15,16,17). The van der Waals surface area contributed by atoms with Crippen molar-refractivity contribution in [2.45, 2.75) is 63.9 Å². The maximum absolute atomic E-state index is 5.83. The lowest BCUT2D eigenvalue weighted by Gasteiger charge is -2.22. The van der Waals surface area contributed by atoms with Crippen LogP contribution in [0.3, 0.4) is 0 Å². The predicted molar refractivity (Wildman–Crippen MR) is 76.5 cm³/mol. The molecular formula is C14H27N3O2. The van der Waals surface area contributed by atoms with Crippen molar-refractivity contribution >= 4 is 5.96 Å². The summed E-state index contributed by atoms with van der Waals surface area (Å²) in [4.78, 5) is 4.27. The summed E-state index contributed by atoms with van der Waals surface area (Å²) in [6.45, 7) is 5.79. The molecule has 2 aliphatic rings. The van der Waals surface area contributed by atoms with Crippen LogP contribution in [0.1, 0.15) is 39.5 Å². The van der Waals surface area contributed by atoms with Crippen molar-refractivity contribution in [3.8, 4) is 0 Å². The minimum Gasteiger partial charge on any atom is -0.379 e. The van der Waals surface area contributed by atoms with Gasteiger partial charge in [-0.1, -0.05) is 0 Å². The Kier molecular flexibility index (Phi) is 5.45. The minimum atomic E-state index is 0.309. The van der Waals surface area contributed by atoms with Crippen LogP contribution in [0.25, 0.3) is 0 Å². The average molecular weight is 269 g/mol. The number of hydrogen-bond donors (Lipinski definition) is 2. The van der Waals surface area contributed by atoms with Crippen LogP contribution in [0.4, 0.5) is 0 Å². The maximum atomic E-state index is 5.83. The summed E-state index contributed by atoms with van der Waals surface area (Å²) in [6, 6.07) is 0.428. The first-order valence-corrected chi connectivity index (χ1v) is 7.43. The molecule has 0 radical (unpaired) electrons. The molecule has 0 saturated carbocycles. The Morgan fingerprint density at radius 1 is 1.42 bits per heavy atom. The molecule has 2 fully saturated rings. The van der Waals surface area contributed by atoms with Crippen LogP contribution in [0.15, 0.2) is 4.99 Å². The summed E-state index contributed by atoms with van der Waals surface area (Å²) < 4.78 is 11.3. The molecule has 3 unspecified atom stereocenters. The third kappa shape index (κ3) is 4.35. The Morgan fingerprint density at radius 3 is 2.84 bits per heavy atom. The van der Waals surface area contributed by atoms with Crippen molar-refractivity contribution in [1.29, 1.82) is 0 Å². The number of ether oxygens (including phenoxy) is 2. The number of aliphatic imine (C=N–C) groups is 1. The van der Waals surface area contributed by atoms with Crippen LogP contribution in [0, 0.1) is 0 Å². The van der Waals surface area contributed by atoms with Gasteiger partial charge in [-0.25, -0.2) is 0 Å². The maximum Gasteiger partial charge on any atom is 0.191 e. The first kappa shape index (κ1) is 14.6. The van der Waals surface area contributed by atoms with Crippen LogP contribution < -0.4 is 10.6 Å². The molecule has 2 bridgehead atoms. The second-order valence-corrected chi connectivity index (χ2v) is 5.63. The van der Waals surface area contributed by atoms with Crippen LogP contribution in [0.2, 0.25) is 0 Å². The van der Waals surface area contributed by atoms with Crippen LogP contribution >= 0.6 is 0 Å². The lowest BCUT2D eigenvalue weighted by Crippen LogP contribution is -2.47. The lowest BCUT2D eigenvalue weighted by atomic mass is 9.96. The van der Waals surface area contributed by atoms with Gasteiger partial charge >= 0.3 is 0 Å². The van der Waals surface area contributed by atoms with E-state index in [1.54, 1.807) is 0 Å². The highest BCUT2D eigenvalue weighted by atomic mass is 16.5. The highest BCUT2D eigenvalue weighted by Crippen LogP contribution is 2.34. The summed E-state index contributed by atoms with van der Waals surface area (Å²) in [6.07, 6.45) is 5.67. The van der Waals surface area contributed by atoms with Crippen LogP contribution in [0.5, 0.6) is 0 Å². The van der Waals surface area contributed by atoms with E-state index >= 15 is 0 Å². The van der Waals surface area contributed by atoms with Gasteiger partial charge in [0.1, 0.15) is 0 Å². The van der Waals surface area contributed by atoms with Crippen LogP contribution in [-0.4, -0.2) is 50.5 Å². The molecular weight excluding hydrogens is 242 g/mol. The van der Waals surface area contributed by atoms with Crippen molar-refractivity contribution in [2.24, 2.45) is 4.99 Å². The predicted octanol–water partition coefficient (Wildman–Crippen LogP) is 1.29. The number of guanidine groups is 1. The highest BCUT2D eigenvalue weighted by molar-refractivity contribution is 5.80. The number of hydrogen-bond acceptors (Lipinski definition) is 3. The molecule has 19 heavy (non-hydrogen) atoms. The molecule has 0 amide bonds. The topological polar surface area (TPSA) is 54.9 Å². The van der Waals surface area contributed by atoms with Gasteiger partial charge in [-0.05, 0) is 39.5 Å². The van der Waals surface area contributed by atoms with Crippen molar-refractivity contribution in [3.63, 3.8) is 0 Å². The van der Waals surface area contributed by atoms with Gasteiger partial charge in [0, 0.05) is 20.2 Å². The quantitative estimate of drug-likeness (QED) is 0.433. The molecule has 0 aliphatic carbocycles. The van der Waals surface area contributed by atoms with Crippen molar-refractivity contribution in [2.75, 3.05) is 20.2 Å². The summed E-state index contributed by atoms with van der Waals surface area (Å²) in [7, 11) is 1.81. The van der Waals surface area contributed by atoms with E-state index in [2.05, 4.69) is 29.5 Å².